The number of hydrogen-bond donors (Lipinski definition) is 0. The maximum absolute atomic E-state index is 11.7. The zero-order valence-electron chi connectivity index (χ0n) is 14.3. The third kappa shape index (κ3) is 6.76. The van der Waals surface area contributed by atoms with Crippen molar-refractivity contribution in [2.24, 2.45) is 11.8 Å². The minimum absolute atomic E-state index is 0.183. The van der Waals surface area contributed by atoms with Crippen LogP contribution in [0.1, 0.15) is 84.5 Å². The Bertz CT molecular complexity index is 360. The van der Waals surface area contributed by atoms with Gasteiger partial charge in [0.25, 0.3) is 0 Å². The van der Waals surface area contributed by atoms with E-state index >= 15 is 0 Å². The minimum atomic E-state index is -0.299. The molecule has 0 saturated carbocycles. The maximum Gasteiger partial charge on any atom is 0.317 e. The number of ether oxygens (including phenoxy) is 1. The van der Waals surface area contributed by atoms with Crippen LogP contribution >= 0.6 is 0 Å². The topological polar surface area (TPSA) is 43.4 Å². The summed E-state index contributed by atoms with van der Waals surface area (Å²) in [6, 6.07) is 0. The van der Waals surface area contributed by atoms with Crippen LogP contribution in [-0.2, 0) is 14.3 Å². The molecule has 1 heterocycles. The molecular weight excluding hydrogens is 276 g/mol. The van der Waals surface area contributed by atoms with Crippen LogP contribution in [0.15, 0.2) is 12.2 Å². The molecule has 0 aromatic rings. The van der Waals surface area contributed by atoms with E-state index in [-0.39, 0.29) is 23.8 Å². The number of esters is 2. The molecule has 3 heteroatoms. The number of unbranched alkanes of at least 4 members (excludes halogenated alkanes) is 6. The van der Waals surface area contributed by atoms with Crippen molar-refractivity contribution < 1.29 is 14.3 Å². The summed E-state index contributed by atoms with van der Waals surface area (Å²) in [4.78, 5) is 23.3. The van der Waals surface area contributed by atoms with E-state index in [0.29, 0.717) is 0 Å². The number of allylic oxidation sites excluding steroid dienone is 2. The van der Waals surface area contributed by atoms with Gasteiger partial charge in [0, 0.05) is 0 Å². The number of carbonyl (C=O) groups excluding carboxylic acids is 2. The van der Waals surface area contributed by atoms with Gasteiger partial charge in [-0.25, -0.2) is 0 Å². The van der Waals surface area contributed by atoms with E-state index in [1.807, 2.05) is 6.92 Å². The monoisotopic (exact) mass is 308 g/mol. The van der Waals surface area contributed by atoms with Crippen molar-refractivity contribution in [2.45, 2.75) is 84.5 Å². The fraction of sp³-hybridized carbons (Fsp3) is 0.789. The molecule has 0 radical (unpaired) electrons. The average Bonchev–Trinajstić information content (AvgIpc) is 2.76. The quantitative estimate of drug-likeness (QED) is 0.216. The van der Waals surface area contributed by atoms with Crippen molar-refractivity contribution in [3.05, 3.63) is 12.2 Å². The molecule has 1 aliphatic heterocycles. The molecule has 1 aliphatic rings. The Balaban J connectivity index is 2.10. The second-order valence-corrected chi connectivity index (χ2v) is 6.35. The van der Waals surface area contributed by atoms with Gasteiger partial charge in [-0.2, -0.15) is 0 Å². The lowest BCUT2D eigenvalue weighted by Crippen LogP contribution is -2.17. The fourth-order valence-electron chi connectivity index (χ4n) is 3.08. The fourth-order valence-corrected chi connectivity index (χ4v) is 3.08. The Labute approximate surface area is 135 Å². The SMILES string of the molecule is CCCCCC=CCCCCCC1C(=O)OC(=O)C1CCC. The van der Waals surface area contributed by atoms with Crippen molar-refractivity contribution >= 4 is 11.9 Å². The third-order valence-electron chi connectivity index (χ3n) is 4.42. The molecule has 3 nitrogen and oxygen atoms in total. The molecule has 0 amide bonds. The normalized spacial score (nSPS) is 21.7. The van der Waals surface area contributed by atoms with Gasteiger partial charge in [0.05, 0.1) is 11.8 Å². The molecule has 0 aliphatic carbocycles. The highest BCUT2D eigenvalue weighted by atomic mass is 16.6. The molecule has 1 fully saturated rings. The van der Waals surface area contributed by atoms with E-state index in [1.54, 1.807) is 0 Å². The molecule has 0 N–H and O–H groups in total. The molecule has 1 saturated heterocycles. The summed E-state index contributed by atoms with van der Waals surface area (Å²) in [7, 11) is 0. The van der Waals surface area contributed by atoms with Crippen molar-refractivity contribution in [1.29, 1.82) is 0 Å². The van der Waals surface area contributed by atoms with Crippen LogP contribution in [-0.4, -0.2) is 11.9 Å². The Morgan fingerprint density at radius 2 is 1.36 bits per heavy atom. The Hall–Kier alpha value is -1.12. The summed E-state index contributed by atoms with van der Waals surface area (Å²) >= 11 is 0. The third-order valence-corrected chi connectivity index (χ3v) is 4.42. The second kappa shape index (κ2) is 11.4. The number of rotatable bonds is 12. The highest BCUT2D eigenvalue weighted by Gasteiger charge is 2.42. The molecule has 126 valence electrons. The van der Waals surface area contributed by atoms with E-state index in [4.69, 9.17) is 4.74 Å². The lowest BCUT2D eigenvalue weighted by atomic mass is 9.87. The molecule has 0 bridgehead atoms. The highest BCUT2D eigenvalue weighted by molar-refractivity contribution is 5.96. The van der Waals surface area contributed by atoms with E-state index in [1.165, 1.54) is 32.1 Å². The average molecular weight is 308 g/mol. The molecule has 0 aromatic heterocycles. The summed E-state index contributed by atoms with van der Waals surface area (Å²) in [5, 5.41) is 0. The zero-order chi connectivity index (χ0) is 16.2. The van der Waals surface area contributed by atoms with Crippen LogP contribution in [0.4, 0.5) is 0 Å². The van der Waals surface area contributed by atoms with Gasteiger partial charge in [0.15, 0.2) is 0 Å². The molecular formula is C19H32O3. The molecule has 0 aromatic carbocycles. The van der Waals surface area contributed by atoms with Crippen LogP contribution in [0, 0.1) is 11.8 Å². The lowest BCUT2D eigenvalue weighted by Gasteiger charge is -2.12. The first-order valence-corrected chi connectivity index (χ1v) is 9.11. The minimum Gasteiger partial charge on any atom is -0.393 e. The number of hydrogen-bond acceptors (Lipinski definition) is 3. The maximum atomic E-state index is 11.7. The molecule has 22 heavy (non-hydrogen) atoms. The highest BCUT2D eigenvalue weighted by Crippen LogP contribution is 2.31. The van der Waals surface area contributed by atoms with Gasteiger partial charge in [-0.15, -0.1) is 0 Å². The van der Waals surface area contributed by atoms with E-state index in [9.17, 15) is 9.59 Å². The van der Waals surface area contributed by atoms with Gasteiger partial charge in [-0.1, -0.05) is 58.1 Å². The first-order chi connectivity index (χ1) is 10.7. The summed E-state index contributed by atoms with van der Waals surface area (Å²) in [5.74, 6) is -0.959. The Morgan fingerprint density at radius 1 is 0.773 bits per heavy atom. The van der Waals surface area contributed by atoms with Crippen LogP contribution in [0.25, 0.3) is 0 Å². The van der Waals surface area contributed by atoms with Crippen molar-refractivity contribution in [2.75, 3.05) is 0 Å². The van der Waals surface area contributed by atoms with Gasteiger partial charge in [-0.05, 0) is 38.5 Å². The summed E-state index contributed by atoms with van der Waals surface area (Å²) < 4.78 is 4.79. The molecule has 0 spiro atoms. The predicted octanol–water partition coefficient (Wildman–Crippen LogP) is 5.19. The molecule has 1 rings (SSSR count). The van der Waals surface area contributed by atoms with E-state index in [2.05, 4.69) is 19.1 Å². The summed E-state index contributed by atoms with van der Waals surface area (Å²) in [6.07, 6.45) is 16.6. The number of cyclic esters (lactones) is 2. The van der Waals surface area contributed by atoms with Gasteiger partial charge in [0.1, 0.15) is 0 Å². The zero-order valence-corrected chi connectivity index (χ0v) is 14.3. The van der Waals surface area contributed by atoms with E-state index < -0.39 is 0 Å². The summed E-state index contributed by atoms with van der Waals surface area (Å²) in [6.45, 7) is 4.27. The van der Waals surface area contributed by atoms with Crippen LogP contribution in [0.3, 0.4) is 0 Å². The number of carbonyl (C=O) groups is 2. The van der Waals surface area contributed by atoms with Gasteiger partial charge in [-0.3, -0.25) is 9.59 Å². The van der Waals surface area contributed by atoms with Gasteiger partial charge >= 0.3 is 11.9 Å². The van der Waals surface area contributed by atoms with Crippen LogP contribution < -0.4 is 0 Å². The van der Waals surface area contributed by atoms with Crippen molar-refractivity contribution in [3.63, 3.8) is 0 Å². The molecule has 2 atom stereocenters. The van der Waals surface area contributed by atoms with Crippen LogP contribution in [0.5, 0.6) is 0 Å². The standard InChI is InChI=1S/C19H32O3/c1-3-5-6-7-8-9-10-11-12-13-15-17-16(14-4-2)18(20)22-19(17)21/h8-9,16-17H,3-7,10-15H2,1-2H3. The Kier molecular flexibility index (Phi) is 9.85. The smallest absolute Gasteiger partial charge is 0.317 e. The first-order valence-electron chi connectivity index (χ1n) is 9.11. The van der Waals surface area contributed by atoms with Gasteiger partial charge in [0.2, 0.25) is 0 Å². The Morgan fingerprint density at radius 3 is 1.95 bits per heavy atom. The van der Waals surface area contributed by atoms with Crippen molar-refractivity contribution in [1.82, 2.24) is 0 Å². The summed E-state index contributed by atoms with van der Waals surface area (Å²) in [5.41, 5.74) is 0. The van der Waals surface area contributed by atoms with E-state index in [0.717, 1.165) is 38.5 Å². The van der Waals surface area contributed by atoms with Gasteiger partial charge < -0.3 is 4.74 Å². The second-order valence-electron chi connectivity index (χ2n) is 6.35. The van der Waals surface area contributed by atoms with Crippen molar-refractivity contribution in [3.8, 4) is 0 Å². The largest absolute Gasteiger partial charge is 0.393 e. The molecule has 2 unspecified atom stereocenters. The first kappa shape index (κ1) is 18.9. The predicted molar refractivity (Wildman–Crippen MR) is 89.4 cm³/mol. The van der Waals surface area contributed by atoms with Crippen LogP contribution in [0.2, 0.25) is 0 Å². The lowest BCUT2D eigenvalue weighted by molar-refractivity contribution is -0.153.